The Bertz CT molecular complexity index is 1120. The van der Waals surface area contributed by atoms with Crippen LogP contribution in [0.3, 0.4) is 0 Å². The van der Waals surface area contributed by atoms with E-state index < -0.39 is 10.0 Å². The number of halogens is 2. The lowest BCUT2D eigenvalue weighted by molar-refractivity contribution is 0.354. The van der Waals surface area contributed by atoms with E-state index in [1.54, 1.807) is 60.7 Å². The van der Waals surface area contributed by atoms with Crippen LogP contribution in [0.15, 0.2) is 71.6 Å². The van der Waals surface area contributed by atoms with Crippen LogP contribution in [0.4, 0.5) is 5.69 Å². The highest BCUT2D eigenvalue weighted by Gasteiger charge is 2.27. The summed E-state index contributed by atoms with van der Waals surface area (Å²) in [6.07, 6.45) is 0. The molecule has 0 radical (unpaired) electrons. The molecule has 0 heterocycles. The van der Waals surface area contributed by atoms with Crippen LogP contribution < -0.4 is 13.8 Å². The summed E-state index contributed by atoms with van der Waals surface area (Å²) in [5.41, 5.74) is 1.13. The van der Waals surface area contributed by atoms with E-state index in [0.717, 1.165) is 0 Å². The number of rotatable bonds is 7. The molecule has 3 aromatic carbocycles. The normalized spacial score (nSPS) is 11.2. The summed E-state index contributed by atoms with van der Waals surface area (Å²) in [7, 11) is -0.900. The Hall–Kier alpha value is -2.41. The lowest BCUT2D eigenvalue weighted by Gasteiger charge is -2.25. The molecule has 0 aliphatic rings. The van der Waals surface area contributed by atoms with Crippen molar-refractivity contribution in [1.82, 2.24) is 0 Å². The predicted octanol–water partition coefficient (Wildman–Crippen LogP) is 5.41. The monoisotopic (exact) mass is 451 g/mol. The van der Waals surface area contributed by atoms with Crippen molar-refractivity contribution in [2.24, 2.45) is 0 Å². The van der Waals surface area contributed by atoms with Crippen molar-refractivity contribution in [1.29, 1.82) is 0 Å². The number of benzene rings is 3. The van der Waals surface area contributed by atoms with Crippen molar-refractivity contribution in [2.75, 3.05) is 18.5 Å². The first-order chi connectivity index (χ1) is 13.9. The molecule has 8 heteroatoms. The van der Waals surface area contributed by atoms with Gasteiger partial charge in [0.2, 0.25) is 0 Å². The second kappa shape index (κ2) is 8.95. The van der Waals surface area contributed by atoms with Crippen molar-refractivity contribution >= 4 is 38.9 Å². The minimum Gasteiger partial charge on any atom is -0.493 e. The van der Waals surface area contributed by atoms with Crippen LogP contribution in [0.2, 0.25) is 10.0 Å². The van der Waals surface area contributed by atoms with Gasteiger partial charge >= 0.3 is 0 Å². The lowest BCUT2D eigenvalue weighted by Crippen LogP contribution is -2.30. The van der Waals surface area contributed by atoms with Crippen LogP contribution in [0.5, 0.6) is 11.5 Å². The summed E-state index contributed by atoms with van der Waals surface area (Å²) in [5, 5.41) is 0.570. The van der Waals surface area contributed by atoms with Crippen LogP contribution >= 0.6 is 23.2 Å². The highest BCUT2D eigenvalue weighted by Crippen LogP contribution is 2.33. The molecule has 0 fully saturated rings. The first-order valence-corrected chi connectivity index (χ1v) is 10.8. The highest BCUT2D eigenvalue weighted by atomic mass is 35.5. The summed E-state index contributed by atoms with van der Waals surface area (Å²) < 4.78 is 38.8. The maximum atomic E-state index is 13.5. The third-order valence-electron chi connectivity index (χ3n) is 4.28. The number of ether oxygens (including phenoxy) is 2. The van der Waals surface area contributed by atoms with Crippen LogP contribution in [-0.4, -0.2) is 22.6 Å². The van der Waals surface area contributed by atoms with Crippen LogP contribution in [-0.2, 0) is 16.6 Å². The molecule has 0 atom stereocenters. The van der Waals surface area contributed by atoms with E-state index >= 15 is 0 Å². The zero-order valence-corrected chi connectivity index (χ0v) is 18.1. The van der Waals surface area contributed by atoms with E-state index in [9.17, 15) is 8.42 Å². The molecule has 3 rings (SSSR count). The molecule has 0 bridgehead atoms. The highest BCUT2D eigenvalue weighted by molar-refractivity contribution is 7.93. The molecule has 0 spiro atoms. The molecule has 3 aromatic rings. The molecule has 0 unspecified atom stereocenters. The van der Waals surface area contributed by atoms with Gasteiger partial charge in [0.15, 0.2) is 11.5 Å². The van der Waals surface area contributed by atoms with E-state index in [2.05, 4.69) is 0 Å². The van der Waals surface area contributed by atoms with Crippen molar-refractivity contribution in [3.8, 4) is 11.5 Å². The van der Waals surface area contributed by atoms with Gasteiger partial charge in [-0.15, -0.1) is 0 Å². The summed E-state index contributed by atoms with van der Waals surface area (Å²) in [5.74, 6) is 1.06. The second-order valence-electron chi connectivity index (χ2n) is 6.11. The van der Waals surface area contributed by atoms with Gasteiger partial charge in [0.05, 0.1) is 31.5 Å². The van der Waals surface area contributed by atoms with E-state index in [1.165, 1.54) is 24.6 Å². The quantitative estimate of drug-likeness (QED) is 0.481. The summed E-state index contributed by atoms with van der Waals surface area (Å²) in [6, 6.07) is 18.2. The van der Waals surface area contributed by atoms with Crippen molar-refractivity contribution in [3.05, 3.63) is 82.3 Å². The zero-order chi connectivity index (χ0) is 21.0. The minimum absolute atomic E-state index is 0.0159. The Morgan fingerprint density at radius 2 is 1.59 bits per heavy atom. The molecular formula is C21H19Cl2NO4S. The maximum absolute atomic E-state index is 13.5. The van der Waals surface area contributed by atoms with Crippen LogP contribution in [0.25, 0.3) is 0 Å². The van der Waals surface area contributed by atoms with Gasteiger partial charge < -0.3 is 9.47 Å². The van der Waals surface area contributed by atoms with Crippen LogP contribution in [0.1, 0.15) is 5.56 Å². The van der Waals surface area contributed by atoms with Gasteiger partial charge in [0, 0.05) is 5.02 Å². The standard InChI is InChI=1S/C21H19Cl2NO4S/c1-27-19-11-10-15(12-20(19)28-2)14-24(17-7-5-6-16(22)13-17)29(25,26)21-9-4-3-8-18(21)23/h3-13H,14H2,1-2H3. The fourth-order valence-electron chi connectivity index (χ4n) is 2.86. The van der Waals surface area contributed by atoms with E-state index in [-0.39, 0.29) is 16.5 Å². The SMILES string of the molecule is COc1ccc(CN(c2cccc(Cl)c2)S(=O)(=O)c2ccccc2Cl)cc1OC. The third-order valence-corrected chi connectivity index (χ3v) is 6.78. The van der Waals surface area contributed by atoms with Crippen LogP contribution in [0, 0.1) is 0 Å². The first kappa shape index (κ1) is 21.3. The number of methoxy groups -OCH3 is 2. The van der Waals surface area contributed by atoms with Gasteiger partial charge in [0.1, 0.15) is 4.90 Å². The van der Waals surface area contributed by atoms with Gasteiger partial charge in [-0.1, -0.05) is 47.5 Å². The Balaban J connectivity index is 2.11. The third kappa shape index (κ3) is 4.61. The number of hydrogen-bond acceptors (Lipinski definition) is 4. The lowest BCUT2D eigenvalue weighted by atomic mass is 10.2. The number of sulfonamides is 1. The topological polar surface area (TPSA) is 55.8 Å². The molecule has 152 valence electrons. The molecule has 0 N–H and O–H groups in total. The van der Waals surface area contributed by atoms with Gasteiger partial charge in [0.25, 0.3) is 10.0 Å². The second-order valence-corrected chi connectivity index (χ2v) is 8.79. The Morgan fingerprint density at radius 3 is 2.24 bits per heavy atom. The molecular weight excluding hydrogens is 433 g/mol. The Morgan fingerprint density at radius 1 is 0.862 bits per heavy atom. The molecule has 0 saturated carbocycles. The van der Waals surface area contributed by atoms with Gasteiger partial charge in [-0.05, 0) is 48.0 Å². The average molecular weight is 452 g/mol. The number of anilines is 1. The van der Waals surface area contributed by atoms with Gasteiger partial charge in [-0.3, -0.25) is 4.31 Å². The fourth-order valence-corrected chi connectivity index (χ4v) is 4.99. The Kier molecular flexibility index (Phi) is 6.57. The molecule has 0 saturated heterocycles. The minimum atomic E-state index is -3.96. The van der Waals surface area contributed by atoms with E-state index in [4.69, 9.17) is 32.7 Å². The van der Waals surface area contributed by atoms with Crippen molar-refractivity contribution < 1.29 is 17.9 Å². The number of hydrogen-bond donors (Lipinski definition) is 0. The molecule has 0 amide bonds. The average Bonchev–Trinajstić information content (AvgIpc) is 2.71. The molecule has 0 aliphatic heterocycles. The van der Waals surface area contributed by atoms with Gasteiger partial charge in [-0.25, -0.2) is 8.42 Å². The summed E-state index contributed by atoms with van der Waals surface area (Å²) in [4.78, 5) is 0.0159. The van der Waals surface area contributed by atoms with E-state index in [1.807, 2.05) is 0 Å². The smallest absolute Gasteiger partial charge is 0.266 e. The molecule has 0 aromatic heterocycles. The number of nitrogens with zero attached hydrogens (tertiary/aromatic N) is 1. The predicted molar refractivity (Wildman–Crippen MR) is 116 cm³/mol. The largest absolute Gasteiger partial charge is 0.493 e. The Labute approximate surface area is 180 Å². The molecule has 29 heavy (non-hydrogen) atoms. The van der Waals surface area contributed by atoms with E-state index in [0.29, 0.717) is 27.8 Å². The summed E-state index contributed by atoms with van der Waals surface area (Å²) >= 11 is 12.3. The van der Waals surface area contributed by atoms with Gasteiger partial charge in [-0.2, -0.15) is 0 Å². The molecule has 5 nitrogen and oxygen atoms in total. The summed E-state index contributed by atoms with van der Waals surface area (Å²) in [6.45, 7) is 0.0499. The molecule has 0 aliphatic carbocycles. The maximum Gasteiger partial charge on any atom is 0.266 e. The zero-order valence-electron chi connectivity index (χ0n) is 15.8. The van der Waals surface area contributed by atoms with Crippen molar-refractivity contribution in [3.63, 3.8) is 0 Å². The first-order valence-electron chi connectivity index (χ1n) is 8.60. The fraction of sp³-hybridized carbons (Fsp3) is 0.143. The van der Waals surface area contributed by atoms with Crippen molar-refractivity contribution in [2.45, 2.75) is 11.4 Å².